The smallest absolute Gasteiger partial charge is 0.128 e. The third-order valence-electron chi connectivity index (χ3n) is 2.83. The molecule has 0 radical (unpaired) electrons. The average molecular weight is 277 g/mol. The first-order valence-electron chi connectivity index (χ1n) is 6.38. The van der Waals surface area contributed by atoms with Gasteiger partial charge >= 0.3 is 0 Å². The Balaban J connectivity index is 2.47. The number of fused-ring (bicyclic) bond motifs is 1. The van der Waals surface area contributed by atoms with E-state index in [0.717, 1.165) is 29.0 Å². The highest BCUT2D eigenvalue weighted by atomic mass is 35.5. The number of terminal acetylenes is 1. The molecule has 0 saturated heterocycles. The maximum atomic E-state index is 6.16. The zero-order chi connectivity index (χ0) is 13.8. The van der Waals surface area contributed by atoms with E-state index in [1.165, 1.54) is 0 Å². The molecule has 4 heteroatoms. The lowest BCUT2D eigenvalue weighted by Gasteiger charge is -2.07. The number of ether oxygens (including phenoxy) is 1. The van der Waals surface area contributed by atoms with Gasteiger partial charge in [-0.1, -0.05) is 12.8 Å². The topological polar surface area (TPSA) is 27.1 Å². The van der Waals surface area contributed by atoms with E-state index in [-0.39, 0.29) is 5.38 Å². The third-order valence-corrected chi connectivity index (χ3v) is 3.02. The van der Waals surface area contributed by atoms with Crippen LogP contribution >= 0.6 is 11.6 Å². The van der Waals surface area contributed by atoms with Crippen molar-refractivity contribution >= 4 is 22.6 Å². The zero-order valence-corrected chi connectivity index (χ0v) is 11.9. The van der Waals surface area contributed by atoms with Crippen molar-refractivity contribution < 1.29 is 4.74 Å². The molecule has 0 aliphatic heterocycles. The molecule has 1 aromatic carbocycles. The van der Waals surface area contributed by atoms with Crippen molar-refractivity contribution in [3.05, 3.63) is 24.0 Å². The molecule has 100 valence electrons. The predicted molar refractivity (Wildman–Crippen MR) is 78.6 cm³/mol. The van der Waals surface area contributed by atoms with Crippen LogP contribution in [0.3, 0.4) is 0 Å². The minimum atomic E-state index is -0.180. The van der Waals surface area contributed by atoms with Crippen LogP contribution in [-0.4, -0.2) is 16.2 Å². The number of halogens is 1. The quantitative estimate of drug-likeness (QED) is 0.614. The van der Waals surface area contributed by atoms with Gasteiger partial charge in [0.05, 0.1) is 29.6 Å². The predicted octanol–water partition coefficient (Wildman–Crippen LogP) is 3.76. The Kier molecular flexibility index (Phi) is 4.34. The molecule has 0 fully saturated rings. The first kappa shape index (κ1) is 13.8. The molecule has 3 nitrogen and oxygen atoms in total. The molecule has 2 rings (SSSR count). The molecular weight excluding hydrogens is 260 g/mol. The van der Waals surface area contributed by atoms with Gasteiger partial charge < -0.3 is 9.30 Å². The van der Waals surface area contributed by atoms with E-state index < -0.39 is 0 Å². The van der Waals surface area contributed by atoms with E-state index in [0.29, 0.717) is 13.2 Å². The van der Waals surface area contributed by atoms with Crippen LogP contribution in [0.1, 0.15) is 31.5 Å². The van der Waals surface area contributed by atoms with E-state index in [2.05, 4.69) is 17.8 Å². The SMILES string of the molecule is C#CCn1c(C(C)Cl)nc2cc(OCCC)ccc21. The fourth-order valence-corrected chi connectivity index (χ4v) is 2.17. The molecule has 0 N–H and O–H groups in total. The largest absolute Gasteiger partial charge is 0.494 e. The van der Waals surface area contributed by atoms with Gasteiger partial charge in [0.1, 0.15) is 11.6 Å². The first-order valence-corrected chi connectivity index (χ1v) is 6.81. The van der Waals surface area contributed by atoms with Gasteiger partial charge in [0, 0.05) is 6.07 Å². The van der Waals surface area contributed by atoms with Gasteiger partial charge in [-0.25, -0.2) is 4.98 Å². The molecule has 0 aliphatic rings. The van der Waals surface area contributed by atoms with Crippen molar-refractivity contribution in [3.8, 4) is 18.1 Å². The summed E-state index contributed by atoms with van der Waals surface area (Å²) in [5, 5.41) is -0.180. The van der Waals surface area contributed by atoms with Gasteiger partial charge in [-0.05, 0) is 25.5 Å². The molecule has 1 atom stereocenters. The highest BCUT2D eigenvalue weighted by Crippen LogP contribution is 2.27. The molecule has 0 amide bonds. The Hall–Kier alpha value is -1.66. The molecule has 1 unspecified atom stereocenters. The summed E-state index contributed by atoms with van der Waals surface area (Å²) in [4.78, 5) is 4.55. The van der Waals surface area contributed by atoms with E-state index in [9.17, 15) is 0 Å². The molecule has 2 aromatic rings. The number of imidazole rings is 1. The standard InChI is InChI=1S/C15H17ClN2O/c1-4-8-18-14-7-6-12(19-9-5-2)10-13(14)17-15(18)11(3)16/h1,6-7,10-11H,5,8-9H2,2-3H3. The number of hydrogen-bond acceptors (Lipinski definition) is 2. The van der Waals surface area contributed by atoms with Crippen molar-refractivity contribution in [3.63, 3.8) is 0 Å². The van der Waals surface area contributed by atoms with Crippen LogP contribution in [0.2, 0.25) is 0 Å². The fourth-order valence-electron chi connectivity index (χ4n) is 2.00. The highest BCUT2D eigenvalue weighted by molar-refractivity contribution is 6.20. The molecule has 0 saturated carbocycles. The van der Waals surface area contributed by atoms with Crippen molar-refractivity contribution in [1.82, 2.24) is 9.55 Å². The monoisotopic (exact) mass is 276 g/mol. The van der Waals surface area contributed by atoms with Gasteiger partial charge in [-0.3, -0.25) is 0 Å². The lowest BCUT2D eigenvalue weighted by atomic mass is 10.3. The molecule has 1 heterocycles. The van der Waals surface area contributed by atoms with Crippen LogP contribution < -0.4 is 4.74 Å². The van der Waals surface area contributed by atoms with Gasteiger partial charge in [0.25, 0.3) is 0 Å². The maximum Gasteiger partial charge on any atom is 0.128 e. The van der Waals surface area contributed by atoms with Crippen LogP contribution in [-0.2, 0) is 6.54 Å². The average Bonchev–Trinajstić information content (AvgIpc) is 2.75. The first-order chi connectivity index (χ1) is 9.17. The number of nitrogens with zero attached hydrogens (tertiary/aromatic N) is 2. The van der Waals surface area contributed by atoms with Crippen molar-refractivity contribution in [2.24, 2.45) is 0 Å². The Morgan fingerprint density at radius 2 is 2.32 bits per heavy atom. The second kappa shape index (κ2) is 5.99. The minimum absolute atomic E-state index is 0.180. The normalized spacial score (nSPS) is 12.3. The molecular formula is C15H17ClN2O. The summed E-state index contributed by atoms with van der Waals surface area (Å²) in [6.07, 6.45) is 6.39. The fraction of sp³-hybridized carbons (Fsp3) is 0.400. The van der Waals surface area contributed by atoms with Crippen LogP contribution in [0.4, 0.5) is 0 Å². The Labute approximate surface area is 118 Å². The number of alkyl halides is 1. The molecule has 0 bridgehead atoms. The zero-order valence-electron chi connectivity index (χ0n) is 11.2. The van der Waals surface area contributed by atoms with Crippen LogP contribution in [0.15, 0.2) is 18.2 Å². The van der Waals surface area contributed by atoms with Crippen LogP contribution in [0, 0.1) is 12.3 Å². The minimum Gasteiger partial charge on any atom is -0.494 e. The summed E-state index contributed by atoms with van der Waals surface area (Å²) in [6.45, 7) is 5.14. The summed E-state index contributed by atoms with van der Waals surface area (Å²) in [5.41, 5.74) is 1.86. The van der Waals surface area contributed by atoms with Crippen molar-refractivity contribution in [2.75, 3.05) is 6.61 Å². The molecule has 19 heavy (non-hydrogen) atoms. The van der Waals surface area contributed by atoms with Gasteiger partial charge in [-0.2, -0.15) is 0 Å². The Bertz CT molecular complexity index is 610. The Morgan fingerprint density at radius 1 is 1.53 bits per heavy atom. The molecule has 0 spiro atoms. The summed E-state index contributed by atoms with van der Waals surface area (Å²) >= 11 is 6.16. The summed E-state index contributed by atoms with van der Waals surface area (Å²) < 4.78 is 7.58. The summed E-state index contributed by atoms with van der Waals surface area (Å²) in [6, 6.07) is 5.85. The number of rotatable bonds is 5. The second-order valence-corrected chi connectivity index (χ2v) is 5.03. The number of hydrogen-bond donors (Lipinski definition) is 0. The maximum absolute atomic E-state index is 6.16. The van der Waals surface area contributed by atoms with E-state index >= 15 is 0 Å². The number of aromatic nitrogens is 2. The molecule has 0 aliphatic carbocycles. The third kappa shape index (κ3) is 2.85. The summed E-state index contributed by atoms with van der Waals surface area (Å²) in [5.74, 6) is 4.26. The van der Waals surface area contributed by atoms with Gasteiger partial charge in [0.15, 0.2) is 0 Å². The van der Waals surface area contributed by atoms with Crippen LogP contribution in [0.5, 0.6) is 5.75 Å². The lowest BCUT2D eigenvalue weighted by molar-refractivity contribution is 0.318. The van der Waals surface area contributed by atoms with E-state index in [4.69, 9.17) is 22.8 Å². The van der Waals surface area contributed by atoms with E-state index in [1.807, 2.05) is 29.7 Å². The van der Waals surface area contributed by atoms with Crippen LogP contribution in [0.25, 0.3) is 11.0 Å². The molecule has 1 aromatic heterocycles. The highest BCUT2D eigenvalue weighted by Gasteiger charge is 2.14. The van der Waals surface area contributed by atoms with Crippen molar-refractivity contribution in [2.45, 2.75) is 32.2 Å². The van der Waals surface area contributed by atoms with Crippen molar-refractivity contribution in [1.29, 1.82) is 0 Å². The van der Waals surface area contributed by atoms with Gasteiger partial charge in [-0.15, -0.1) is 18.0 Å². The van der Waals surface area contributed by atoms with E-state index in [1.54, 1.807) is 0 Å². The Morgan fingerprint density at radius 3 is 2.95 bits per heavy atom. The number of benzene rings is 1. The van der Waals surface area contributed by atoms with Gasteiger partial charge in [0.2, 0.25) is 0 Å². The second-order valence-electron chi connectivity index (χ2n) is 4.38. The lowest BCUT2D eigenvalue weighted by Crippen LogP contribution is -2.02. The summed E-state index contributed by atoms with van der Waals surface area (Å²) in [7, 11) is 0.